The Labute approximate surface area is 127 Å². The molecule has 0 saturated heterocycles. The molecule has 0 radical (unpaired) electrons. The van der Waals surface area contributed by atoms with E-state index in [1.807, 2.05) is 18.2 Å². The van der Waals surface area contributed by atoms with Gasteiger partial charge in [0, 0.05) is 31.7 Å². The number of halogens is 2. The number of rotatable bonds is 1. The molecular weight excluding hydrogens is 346 g/mol. The van der Waals surface area contributed by atoms with E-state index in [9.17, 15) is 4.79 Å². The van der Waals surface area contributed by atoms with Gasteiger partial charge in [0.15, 0.2) is 0 Å². The molecule has 5 heteroatoms. The van der Waals surface area contributed by atoms with E-state index >= 15 is 0 Å². The van der Waals surface area contributed by atoms with Crippen molar-refractivity contribution in [1.82, 2.24) is 5.32 Å². The van der Waals surface area contributed by atoms with Crippen LogP contribution >= 0.6 is 38.9 Å². The molecule has 1 amide bonds. The Balaban J connectivity index is 2.39. The molecule has 3 aromatic rings. The van der Waals surface area contributed by atoms with Gasteiger partial charge in [-0.05, 0) is 30.3 Å². The van der Waals surface area contributed by atoms with E-state index in [2.05, 4.69) is 33.4 Å². The minimum Gasteiger partial charge on any atom is -0.355 e. The molecule has 1 N–H and O–H groups in total. The summed E-state index contributed by atoms with van der Waals surface area (Å²) in [4.78, 5) is 11.8. The summed E-state index contributed by atoms with van der Waals surface area (Å²) in [6.45, 7) is 0. The van der Waals surface area contributed by atoms with E-state index in [1.54, 1.807) is 18.4 Å². The molecule has 0 fully saturated rings. The zero-order chi connectivity index (χ0) is 13.6. The molecule has 96 valence electrons. The van der Waals surface area contributed by atoms with Crippen molar-refractivity contribution in [2.75, 3.05) is 7.05 Å². The molecule has 2 aromatic carbocycles. The van der Waals surface area contributed by atoms with E-state index in [0.29, 0.717) is 10.6 Å². The molecule has 0 aliphatic rings. The normalized spacial score (nSPS) is 11.1. The quantitative estimate of drug-likeness (QED) is 0.666. The number of benzene rings is 2. The molecule has 0 bridgehead atoms. The van der Waals surface area contributed by atoms with Crippen LogP contribution < -0.4 is 5.32 Å². The Bertz CT molecular complexity index is 812. The Morgan fingerprint density at radius 3 is 2.68 bits per heavy atom. The van der Waals surface area contributed by atoms with Gasteiger partial charge in [-0.2, -0.15) is 0 Å². The lowest BCUT2D eigenvalue weighted by molar-refractivity contribution is 0.0963. The maximum absolute atomic E-state index is 11.8. The predicted molar refractivity (Wildman–Crippen MR) is 85.4 cm³/mol. The number of thiophene rings is 1. The number of carbonyl (C=O) groups is 1. The number of carbonyl (C=O) groups excluding carboxylic acids is 1. The van der Waals surface area contributed by atoms with Crippen LogP contribution in [0.25, 0.3) is 20.2 Å². The average Bonchev–Trinajstić information content (AvgIpc) is 2.73. The van der Waals surface area contributed by atoms with Gasteiger partial charge in [-0.25, -0.2) is 0 Å². The maximum atomic E-state index is 11.8. The van der Waals surface area contributed by atoms with Crippen LogP contribution in [0.4, 0.5) is 0 Å². The van der Waals surface area contributed by atoms with Crippen LogP contribution in [0.3, 0.4) is 0 Å². The first-order valence-electron chi connectivity index (χ1n) is 5.63. The van der Waals surface area contributed by atoms with Gasteiger partial charge in [-0.1, -0.05) is 27.5 Å². The first kappa shape index (κ1) is 12.9. The number of hydrogen-bond acceptors (Lipinski definition) is 2. The van der Waals surface area contributed by atoms with E-state index in [1.165, 1.54) is 4.70 Å². The van der Waals surface area contributed by atoms with Crippen molar-refractivity contribution in [3.05, 3.63) is 45.4 Å². The highest BCUT2D eigenvalue weighted by atomic mass is 79.9. The highest BCUT2D eigenvalue weighted by Gasteiger charge is 2.13. The molecule has 19 heavy (non-hydrogen) atoms. The third kappa shape index (κ3) is 2.14. The van der Waals surface area contributed by atoms with Gasteiger partial charge in [0.05, 0.1) is 10.6 Å². The Morgan fingerprint density at radius 1 is 1.21 bits per heavy atom. The molecule has 3 rings (SSSR count). The van der Waals surface area contributed by atoms with Crippen molar-refractivity contribution >= 4 is 64.9 Å². The monoisotopic (exact) mass is 353 g/mol. The van der Waals surface area contributed by atoms with Crippen LogP contribution in [-0.4, -0.2) is 13.0 Å². The largest absolute Gasteiger partial charge is 0.355 e. The lowest BCUT2D eigenvalue weighted by Crippen LogP contribution is -2.18. The molecule has 1 heterocycles. The van der Waals surface area contributed by atoms with Crippen molar-refractivity contribution in [2.24, 2.45) is 0 Å². The molecule has 0 unspecified atom stereocenters. The number of amides is 1. The van der Waals surface area contributed by atoms with Gasteiger partial charge in [0.1, 0.15) is 0 Å². The summed E-state index contributed by atoms with van der Waals surface area (Å²) in [6.07, 6.45) is 0. The number of fused-ring (bicyclic) bond motifs is 3. The maximum Gasteiger partial charge on any atom is 0.252 e. The Hall–Kier alpha value is -1.10. The van der Waals surface area contributed by atoms with Crippen LogP contribution in [0.2, 0.25) is 5.02 Å². The molecule has 1 aromatic heterocycles. The molecule has 0 atom stereocenters. The summed E-state index contributed by atoms with van der Waals surface area (Å²) in [5, 5.41) is 5.29. The van der Waals surface area contributed by atoms with Crippen molar-refractivity contribution in [3.8, 4) is 0 Å². The molecular formula is C14H9BrClNOS. The standard InChI is InChI=1S/C14H9BrClNOS/c1-17-14(18)10-5-9-8-4-7(15)2-3-12(8)19-13(9)6-11(10)16/h2-6H,1H3,(H,17,18). The topological polar surface area (TPSA) is 29.1 Å². The molecule has 2 nitrogen and oxygen atoms in total. The zero-order valence-corrected chi connectivity index (χ0v) is 13.1. The van der Waals surface area contributed by atoms with Crippen molar-refractivity contribution in [3.63, 3.8) is 0 Å². The zero-order valence-electron chi connectivity index (χ0n) is 9.96. The molecule has 0 aliphatic heterocycles. The van der Waals surface area contributed by atoms with Gasteiger partial charge in [-0.15, -0.1) is 11.3 Å². The van der Waals surface area contributed by atoms with E-state index < -0.39 is 0 Å². The van der Waals surface area contributed by atoms with E-state index in [0.717, 1.165) is 19.9 Å². The van der Waals surface area contributed by atoms with Crippen LogP contribution in [0.1, 0.15) is 10.4 Å². The fraction of sp³-hybridized carbons (Fsp3) is 0.0714. The smallest absolute Gasteiger partial charge is 0.252 e. The van der Waals surface area contributed by atoms with E-state index in [-0.39, 0.29) is 5.91 Å². The van der Waals surface area contributed by atoms with E-state index in [4.69, 9.17) is 11.6 Å². The average molecular weight is 355 g/mol. The highest BCUT2D eigenvalue weighted by molar-refractivity contribution is 9.10. The first-order valence-corrected chi connectivity index (χ1v) is 7.62. The summed E-state index contributed by atoms with van der Waals surface area (Å²) in [5.41, 5.74) is 0.511. The SMILES string of the molecule is CNC(=O)c1cc2c(cc1Cl)sc1ccc(Br)cc12. The lowest BCUT2D eigenvalue weighted by Gasteiger charge is -2.03. The second-order valence-corrected chi connectivity index (χ2v) is 6.56. The molecule has 0 spiro atoms. The number of hydrogen-bond donors (Lipinski definition) is 1. The fourth-order valence-electron chi connectivity index (χ4n) is 2.08. The second kappa shape index (κ2) is 4.78. The molecule has 0 saturated carbocycles. The summed E-state index contributed by atoms with van der Waals surface area (Å²) < 4.78 is 3.30. The van der Waals surface area contributed by atoms with Crippen LogP contribution in [0.15, 0.2) is 34.8 Å². The van der Waals surface area contributed by atoms with Crippen molar-refractivity contribution in [1.29, 1.82) is 0 Å². The fourth-order valence-corrected chi connectivity index (χ4v) is 3.86. The Kier molecular flexibility index (Phi) is 3.25. The minimum atomic E-state index is -0.166. The third-order valence-electron chi connectivity index (χ3n) is 2.99. The molecule has 0 aliphatic carbocycles. The van der Waals surface area contributed by atoms with Gasteiger partial charge in [0.2, 0.25) is 0 Å². The van der Waals surface area contributed by atoms with Crippen LogP contribution in [0.5, 0.6) is 0 Å². The predicted octanol–water partition coefficient (Wildman–Crippen LogP) is 4.83. The summed E-state index contributed by atoms with van der Waals surface area (Å²) in [6, 6.07) is 9.87. The summed E-state index contributed by atoms with van der Waals surface area (Å²) in [7, 11) is 1.60. The van der Waals surface area contributed by atoms with Gasteiger partial charge >= 0.3 is 0 Å². The van der Waals surface area contributed by atoms with Gasteiger partial charge < -0.3 is 5.32 Å². The first-order chi connectivity index (χ1) is 9.10. The summed E-state index contributed by atoms with van der Waals surface area (Å²) in [5.74, 6) is -0.166. The highest BCUT2D eigenvalue weighted by Crippen LogP contribution is 2.37. The van der Waals surface area contributed by atoms with Crippen molar-refractivity contribution in [2.45, 2.75) is 0 Å². The third-order valence-corrected chi connectivity index (χ3v) is 4.93. The number of nitrogens with one attached hydrogen (secondary N) is 1. The Morgan fingerprint density at radius 2 is 1.95 bits per heavy atom. The second-order valence-electron chi connectivity index (χ2n) is 4.15. The van der Waals surface area contributed by atoms with Gasteiger partial charge in [0.25, 0.3) is 5.91 Å². The van der Waals surface area contributed by atoms with Crippen LogP contribution in [0, 0.1) is 0 Å². The van der Waals surface area contributed by atoms with Gasteiger partial charge in [-0.3, -0.25) is 4.79 Å². The van der Waals surface area contributed by atoms with Crippen LogP contribution in [-0.2, 0) is 0 Å². The lowest BCUT2D eigenvalue weighted by atomic mass is 10.1. The summed E-state index contributed by atoms with van der Waals surface area (Å²) >= 11 is 11.3. The minimum absolute atomic E-state index is 0.166. The van der Waals surface area contributed by atoms with Crippen molar-refractivity contribution < 1.29 is 4.79 Å².